The molecular formula is C26H30N2O5. The number of nitrogens with zero attached hydrogens (tertiary/aromatic N) is 2. The Hall–Kier alpha value is -3.16. The first-order chi connectivity index (χ1) is 16.0. The Bertz CT molecular complexity index is 1010. The average molecular weight is 451 g/mol. The molecule has 7 nitrogen and oxygen atoms in total. The standard InChI is InChI=1S/C26H30N2O5/c1-18(2)33-21-10-8-19(9-11-21)23-22(24(29)20-6-4-3-5-7-20)25(30)26(31)28(23)13-12-27-14-16-32-17-15-27/h3-11,18,23,29H,12-17H2,1-2H3/b24-22+/t23-/m0/s1. The molecule has 0 spiro atoms. The molecule has 2 aromatic rings. The summed E-state index contributed by atoms with van der Waals surface area (Å²) in [6.45, 7) is 7.82. The van der Waals surface area contributed by atoms with E-state index in [0.29, 0.717) is 37.6 Å². The second-order valence-corrected chi connectivity index (χ2v) is 8.55. The number of carbonyl (C=O) groups is 2. The van der Waals surface area contributed by atoms with Crippen LogP contribution in [0.5, 0.6) is 5.75 Å². The van der Waals surface area contributed by atoms with E-state index in [4.69, 9.17) is 9.47 Å². The molecule has 0 unspecified atom stereocenters. The van der Waals surface area contributed by atoms with E-state index >= 15 is 0 Å². The Morgan fingerprint density at radius 2 is 1.70 bits per heavy atom. The Morgan fingerprint density at radius 3 is 2.33 bits per heavy atom. The fraction of sp³-hybridized carbons (Fsp3) is 0.385. The van der Waals surface area contributed by atoms with Gasteiger partial charge in [-0.1, -0.05) is 42.5 Å². The molecule has 174 valence electrons. The highest BCUT2D eigenvalue weighted by Crippen LogP contribution is 2.39. The zero-order valence-electron chi connectivity index (χ0n) is 19.1. The Kier molecular flexibility index (Phi) is 7.11. The smallest absolute Gasteiger partial charge is 0.295 e. The molecule has 0 aliphatic carbocycles. The number of Topliss-reactive ketones (excluding diaryl/α,β-unsaturated/α-hetero) is 1. The monoisotopic (exact) mass is 450 g/mol. The van der Waals surface area contributed by atoms with Crippen LogP contribution < -0.4 is 4.74 Å². The van der Waals surface area contributed by atoms with E-state index in [-0.39, 0.29) is 17.4 Å². The predicted molar refractivity (Wildman–Crippen MR) is 125 cm³/mol. The van der Waals surface area contributed by atoms with Crippen molar-refractivity contribution in [3.63, 3.8) is 0 Å². The molecule has 2 saturated heterocycles. The lowest BCUT2D eigenvalue weighted by atomic mass is 9.95. The van der Waals surface area contributed by atoms with E-state index in [0.717, 1.165) is 18.7 Å². The third-order valence-electron chi connectivity index (χ3n) is 5.92. The number of ether oxygens (including phenoxy) is 2. The largest absolute Gasteiger partial charge is 0.507 e. The summed E-state index contributed by atoms with van der Waals surface area (Å²) in [6.07, 6.45) is 0.0353. The quantitative estimate of drug-likeness (QED) is 0.396. The molecule has 0 bridgehead atoms. The maximum atomic E-state index is 13.1. The van der Waals surface area contributed by atoms with Crippen molar-refractivity contribution in [2.45, 2.75) is 26.0 Å². The Morgan fingerprint density at radius 1 is 1.03 bits per heavy atom. The molecule has 1 N–H and O–H groups in total. The summed E-state index contributed by atoms with van der Waals surface area (Å²) >= 11 is 0. The van der Waals surface area contributed by atoms with Gasteiger partial charge in [0.1, 0.15) is 11.5 Å². The van der Waals surface area contributed by atoms with Crippen molar-refractivity contribution in [3.8, 4) is 5.75 Å². The first-order valence-electron chi connectivity index (χ1n) is 11.4. The van der Waals surface area contributed by atoms with Gasteiger partial charge in [-0.25, -0.2) is 0 Å². The summed E-state index contributed by atoms with van der Waals surface area (Å²) in [5, 5.41) is 11.1. The fourth-order valence-corrected chi connectivity index (χ4v) is 4.28. The zero-order valence-corrected chi connectivity index (χ0v) is 19.1. The van der Waals surface area contributed by atoms with Crippen molar-refractivity contribution in [2.75, 3.05) is 39.4 Å². The van der Waals surface area contributed by atoms with Crippen molar-refractivity contribution < 1.29 is 24.2 Å². The highest BCUT2D eigenvalue weighted by Gasteiger charge is 2.46. The number of hydrogen-bond acceptors (Lipinski definition) is 6. The van der Waals surface area contributed by atoms with E-state index in [9.17, 15) is 14.7 Å². The maximum Gasteiger partial charge on any atom is 0.295 e. The van der Waals surface area contributed by atoms with Gasteiger partial charge in [-0.15, -0.1) is 0 Å². The van der Waals surface area contributed by atoms with Crippen molar-refractivity contribution in [1.29, 1.82) is 0 Å². The number of aliphatic hydroxyl groups is 1. The maximum absolute atomic E-state index is 13.1. The zero-order chi connectivity index (χ0) is 23.4. The van der Waals surface area contributed by atoms with Crippen molar-refractivity contribution in [1.82, 2.24) is 9.80 Å². The molecule has 0 saturated carbocycles. The first kappa shape index (κ1) is 23.0. The average Bonchev–Trinajstić information content (AvgIpc) is 3.08. The molecule has 2 aliphatic heterocycles. The minimum Gasteiger partial charge on any atom is -0.507 e. The van der Waals surface area contributed by atoms with Gasteiger partial charge in [-0.05, 0) is 31.5 Å². The first-order valence-corrected chi connectivity index (χ1v) is 11.4. The van der Waals surface area contributed by atoms with Crippen LogP contribution in [-0.2, 0) is 14.3 Å². The summed E-state index contributed by atoms with van der Waals surface area (Å²) in [5.74, 6) is -0.698. The van der Waals surface area contributed by atoms with Gasteiger partial charge in [0, 0.05) is 31.7 Å². The fourth-order valence-electron chi connectivity index (χ4n) is 4.28. The van der Waals surface area contributed by atoms with Gasteiger partial charge in [0.05, 0.1) is 30.9 Å². The molecule has 2 heterocycles. The molecule has 0 aromatic heterocycles. The highest BCUT2D eigenvalue weighted by atomic mass is 16.5. The Balaban J connectivity index is 1.70. The van der Waals surface area contributed by atoms with Gasteiger partial charge in [-0.3, -0.25) is 14.5 Å². The SMILES string of the molecule is CC(C)Oc1ccc([C@H]2/C(=C(\O)c3ccccc3)C(=O)C(=O)N2CCN2CCOCC2)cc1. The second kappa shape index (κ2) is 10.2. The molecule has 1 amide bonds. The van der Waals surface area contributed by atoms with Crippen LogP contribution in [0.15, 0.2) is 60.2 Å². The van der Waals surface area contributed by atoms with Crippen LogP contribution in [0.3, 0.4) is 0 Å². The van der Waals surface area contributed by atoms with E-state index in [1.165, 1.54) is 0 Å². The minimum atomic E-state index is -0.667. The van der Waals surface area contributed by atoms with Crippen LogP contribution >= 0.6 is 0 Å². The third kappa shape index (κ3) is 5.10. The molecule has 0 radical (unpaired) electrons. The van der Waals surface area contributed by atoms with Gasteiger partial charge in [0.15, 0.2) is 0 Å². The van der Waals surface area contributed by atoms with Gasteiger partial charge < -0.3 is 19.5 Å². The molecule has 33 heavy (non-hydrogen) atoms. The molecule has 2 aliphatic rings. The topological polar surface area (TPSA) is 79.3 Å². The third-order valence-corrected chi connectivity index (χ3v) is 5.92. The van der Waals surface area contributed by atoms with Crippen LogP contribution in [0, 0.1) is 0 Å². The number of carbonyl (C=O) groups excluding carboxylic acids is 2. The van der Waals surface area contributed by atoms with Crippen LogP contribution in [0.1, 0.15) is 31.0 Å². The molecule has 2 aromatic carbocycles. The van der Waals surface area contributed by atoms with Gasteiger partial charge in [0.25, 0.3) is 11.7 Å². The van der Waals surface area contributed by atoms with E-state index in [1.807, 2.05) is 44.2 Å². The van der Waals surface area contributed by atoms with Crippen LogP contribution in [0.25, 0.3) is 5.76 Å². The van der Waals surface area contributed by atoms with Crippen LogP contribution in [0.2, 0.25) is 0 Å². The van der Waals surface area contributed by atoms with E-state index < -0.39 is 17.7 Å². The lowest BCUT2D eigenvalue weighted by Gasteiger charge is -2.31. The van der Waals surface area contributed by atoms with E-state index in [1.54, 1.807) is 29.2 Å². The number of hydrogen-bond donors (Lipinski definition) is 1. The number of ketones is 1. The lowest BCUT2D eigenvalue weighted by Crippen LogP contribution is -2.42. The van der Waals surface area contributed by atoms with Crippen molar-refractivity contribution in [2.24, 2.45) is 0 Å². The summed E-state index contributed by atoms with van der Waals surface area (Å²) < 4.78 is 11.2. The number of benzene rings is 2. The highest BCUT2D eigenvalue weighted by molar-refractivity contribution is 6.46. The summed E-state index contributed by atoms with van der Waals surface area (Å²) in [6, 6.07) is 15.6. The molecule has 1 atom stereocenters. The number of rotatable bonds is 7. The van der Waals surface area contributed by atoms with Gasteiger partial charge >= 0.3 is 0 Å². The number of likely N-dealkylation sites (tertiary alicyclic amines) is 1. The van der Waals surface area contributed by atoms with Crippen molar-refractivity contribution in [3.05, 3.63) is 71.3 Å². The second-order valence-electron chi connectivity index (χ2n) is 8.55. The summed E-state index contributed by atoms with van der Waals surface area (Å²) in [5.41, 5.74) is 1.38. The lowest BCUT2D eigenvalue weighted by molar-refractivity contribution is -0.140. The van der Waals surface area contributed by atoms with Crippen LogP contribution in [0.4, 0.5) is 0 Å². The van der Waals surface area contributed by atoms with Gasteiger partial charge in [-0.2, -0.15) is 0 Å². The number of amides is 1. The molecule has 4 rings (SSSR count). The van der Waals surface area contributed by atoms with E-state index in [2.05, 4.69) is 4.90 Å². The number of morpholine rings is 1. The van der Waals surface area contributed by atoms with Gasteiger partial charge in [0.2, 0.25) is 0 Å². The molecule has 7 heteroatoms. The summed E-state index contributed by atoms with van der Waals surface area (Å²) in [7, 11) is 0. The predicted octanol–water partition coefficient (Wildman–Crippen LogP) is 3.23. The normalized spacial score (nSPS) is 21.1. The summed E-state index contributed by atoms with van der Waals surface area (Å²) in [4.78, 5) is 30.0. The van der Waals surface area contributed by atoms with Crippen LogP contribution in [-0.4, -0.2) is 72.1 Å². The van der Waals surface area contributed by atoms with Crippen molar-refractivity contribution >= 4 is 17.4 Å². The number of aliphatic hydroxyl groups excluding tert-OH is 1. The Labute approximate surface area is 194 Å². The minimum absolute atomic E-state index is 0.0353. The molecular weight excluding hydrogens is 420 g/mol. The molecule has 2 fully saturated rings.